The third kappa shape index (κ3) is 3.38. The average molecular weight is 375 g/mol. The quantitative estimate of drug-likeness (QED) is 0.506. The van der Waals surface area contributed by atoms with Crippen LogP contribution in [0.3, 0.4) is 0 Å². The summed E-state index contributed by atoms with van der Waals surface area (Å²) in [5.41, 5.74) is 5.49. The second-order valence-electron chi connectivity index (χ2n) is 6.72. The first-order valence-corrected chi connectivity index (χ1v) is 9.28. The second-order valence-corrected chi connectivity index (χ2v) is 7.12. The Labute approximate surface area is 163 Å². The molecule has 27 heavy (non-hydrogen) atoms. The molecule has 1 amide bonds. The fourth-order valence-electron chi connectivity index (χ4n) is 3.68. The molecule has 0 radical (unpaired) electrons. The smallest absolute Gasteiger partial charge is 0.244 e. The average Bonchev–Trinajstić information content (AvgIpc) is 3.48. The summed E-state index contributed by atoms with van der Waals surface area (Å²) in [7, 11) is 0. The number of amides is 1. The SMILES string of the molecule is O=C(N/N=C/c1ccccc1Cl)C1CC1(c1ccccc1)c1ccccc1. The third-order valence-corrected chi connectivity index (χ3v) is 5.48. The van der Waals surface area contributed by atoms with Gasteiger partial charge in [0.05, 0.1) is 12.1 Å². The number of nitrogens with one attached hydrogen (secondary N) is 1. The zero-order chi connectivity index (χ0) is 18.7. The lowest BCUT2D eigenvalue weighted by atomic mass is 9.85. The molecule has 0 bridgehead atoms. The summed E-state index contributed by atoms with van der Waals surface area (Å²) in [6.07, 6.45) is 2.35. The Hall–Kier alpha value is -2.91. The molecule has 1 aliphatic carbocycles. The van der Waals surface area contributed by atoms with E-state index in [1.54, 1.807) is 12.3 Å². The van der Waals surface area contributed by atoms with Gasteiger partial charge in [0, 0.05) is 16.0 Å². The molecule has 134 valence electrons. The summed E-state index contributed by atoms with van der Waals surface area (Å²) in [5, 5.41) is 4.71. The van der Waals surface area contributed by atoms with Crippen LogP contribution in [0.1, 0.15) is 23.1 Å². The summed E-state index contributed by atoms with van der Waals surface area (Å²) < 4.78 is 0. The summed E-state index contributed by atoms with van der Waals surface area (Å²) in [6.45, 7) is 0. The Morgan fingerprint density at radius 1 is 0.926 bits per heavy atom. The van der Waals surface area contributed by atoms with Crippen molar-refractivity contribution in [3.8, 4) is 0 Å². The van der Waals surface area contributed by atoms with Gasteiger partial charge >= 0.3 is 0 Å². The Morgan fingerprint density at radius 2 is 1.48 bits per heavy atom. The minimum atomic E-state index is -0.285. The molecule has 1 fully saturated rings. The predicted octanol–water partition coefficient (Wildman–Crippen LogP) is 4.80. The molecule has 1 atom stereocenters. The molecule has 3 aromatic carbocycles. The number of hydrogen-bond acceptors (Lipinski definition) is 2. The maximum Gasteiger partial charge on any atom is 0.244 e. The van der Waals surface area contributed by atoms with Gasteiger partial charge < -0.3 is 0 Å². The molecular weight excluding hydrogens is 356 g/mol. The Kier molecular flexibility index (Phi) is 4.78. The molecule has 1 N–H and O–H groups in total. The highest BCUT2D eigenvalue weighted by Crippen LogP contribution is 2.58. The topological polar surface area (TPSA) is 41.5 Å². The molecule has 4 rings (SSSR count). The zero-order valence-electron chi connectivity index (χ0n) is 14.7. The number of benzene rings is 3. The van der Waals surface area contributed by atoms with E-state index in [-0.39, 0.29) is 17.2 Å². The molecule has 0 spiro atoms. The van der Waals surface area contributed by atoms with Gasteiger partial charge in [-0.1, -0.05) is 90.5 Å². The summed E-state index contributed by atoms with van der Waals surface area (Å²) >= 11 is 6.12. The van der Waals surface area contributed by atoms with Gasteiger partial charge in [-0.2, -0.15) is 5.10 Å². The highest BCUT2D eigenvalue weighted by Gasteiger charge is 2.60. The Bertz CT molecular complexity index is 930. The van der Waals surface area contributed by atoms with Gasteiger partial charge in [-0.25, -0.2) is 5.43 Å². The summed E-state index contributed by atoms with van der Waals surface area (Å²) in [5.74, 6) is -0.225. The van der Waals surface area contributed by atoms with Crippen LogP contribution < -0.4 is 5.43 Å². The van der Waals surface area contributed by atoms with Crippen LogP contribution in [0.4, 0.5) is 0 Å². The van der Waals surface area contributed by atoms with Crippen molar-refractivity contribution in [3.05, 3.63) is 107 Å². The molecule has 1 unspecified atom stereocenters. The molecule has 1 saturated carbocycles. The van der Waals surface area contributed by atoms with E-state index in [0.29, 0.717) is 5.02 Å². The molecule has 0 aromatic heterocycles. The van der Waals surface area contributed by atoms with Crippen LogP contribution in [0, 0.1) is 5.92 Å². The van der Waals surface area contributed by atoms with Gasteiger partial charge in [0.25, 0.3) is 0 Å². The number of halogens is 1. The fraction of sp³-hybridized carbons (Fsp3) is 0.130. The monoisotopic (exact) mass is 374 g/mol. The molecule has 0 aliphatic heterocycles. The van der Waals surface area contributed by atoms with E-state index in [1.165, 1.54) is 0 Å². The first-order valence-electron chi connectivity index (χ1n) is 8.90. The van der Waals surface area contributed by atoms with Crippen LogP contribution in [0.25, 0.3) is 0 Å². The van der Waals surface area contributed by atoms with Crippen molar-refractivity contribution in [1.82, 2.24) is 5.43 Å². The van der Waals surface area contributed by atoms with E-state index >= 15 is 0 Å². The van der Waals surface area contributed by atoms with E-state index in [2.05, 4.69) is 34.8 Å². The van der Waals surface area contributed by atoms with Crippen LogP contribution >= 0.6 is 11.6 Å². The van der Waals surface area contributed by atoms with E-state index in [0.717, 1.165) is 23.1 Å². The maximum absolute atomic E-state index is 12.8. The first-order chi connectivity index (χ1) is 13.2. The molecule has 0 heterocycles. The van der Waals surface area contributed by atoms with Crippen LogP contribution in [0.5, 0.6) is 0 Å². The number of nitrogens with zero attached hydrogens (tertiary/aromatic N) is 1. The Morgan fingerprint density at radius 3 is 2.07 bits per heavy atom. The van der Waals surface area contributed by atoms with E-state index in [4.69, 9.17) is 11.6 Å². The van der Waals surface area contributed by atoms with Gasteiger partial charge in [-0.3, -0.25) is 4.79 Å². The third-order valence-electron chi connectivity index (χ3n) is 5.14. The van der Waals surface area contributed by atoms with Crippen molar-refractivity contribution in [2.24, 2.45) is 11.0 Å². The minimum Gasteiger partial charge on any atom is -0.273 e. The molecule has 1 aliphatic rings. The fourth-order valence-corrected chi connectivity index (χ4v) is 3.86. The molecule has 3 aromatic rings. The predicted molar refractivity (Wildman–Crippen MR) is 109 cm³/mol. The lowest BCUT2D eigenvalue weighted by molar-refractivity contribution is -0.122. The lowest BCUT2D eigenvalue weighted by Crippen LogP contribution is -2.25. The maximum atomic E-state index is 12.8. The van der Waals surface area contributed by atoms with Gasteiger partial charge in [-0.05, 0) is 23.6 Å². The van der Waals surface area contributed by atoms with Crippen molar-refractivity contribution in [1.29, 1.82) is 0 Å². The summed E-state index contributed by atoms with van der Waals surface area (Å²) in [4.78, 5) is 12.8. The second kappa shape index (κ2) is 7.37. The highest BCUT2D eigenvalue weighted by atomic mass is 35.5. The number of hydrazone groups is 1. The van der Waals surface area contributed by atoms with Crippen LogP contribution in [0.2, 0.25) is 5.02 Å². The molecular formula is C23H19ClN2O. The van der Waals surface area contributed by atoms with Gasteiger partial charge in [0.15, 0.2) is 0 Å². The van der Waals surface area contributed by atoms with Crippen molar-refractivity contribution in [2.75, 3.05) is 0 Å². The van der Waals surface area contributed by atoms with Crippen LogP contribution in [0.15, 0.2) is 90.0 Å². The summed E-state index contributed by atoms with van der Waals surface area (Å²) in [6, 6.07) is 27.8. The van der Waals surface area contributed by atoms with Crippen molar-refractivity contribution < 1.29 is 4.79 Å². The Balaban J connectivity index is 1.55. The molecule has 3 nitrogen and oxygen atoms in total. The van der Waals surface area contributed by atoms with Gasteiger partial charge in [0.2, 0.25) is 5.91 Å². The van der Waals surface area contributed by atoms with Gasteiger partial charge in [-0.15, -0.1) is 0 Å². The van der Waals surface area contributed by atoms with Gasteiger partial charge in [0.1, 0.15) is 0 Å². The van der Waals surface area contributed by atoms with Crippen molar-refractivity contribution in [2.45, 2.75) is 11.8 Å². The molecule has 0 saturated heterocycles. The highest BCUT2D eigenvalue weighted by molar-refractivity contribution is 6.33. The lowest BCUT2D eigenvalue weighted by Gasteiger charge is -2.18. The van der Waals surface area contributed by atoms with Crippen molar-refractivity contribution >= 4 is 23.7 Å². The van der Waals surface area contributed by atoms with Crippen LogP contribution in [-0.4, -0.2) is 12.1 Å². The largest absolute Gasteiger partial charge is 0.273 e. The van der Waals surface area contributed by atoms with E-state index in [9.17, 15) is 4.79 Å². The number of rotatable bonds is 5. The number of carbonyl (C=O) groups excluding carboxylic acids is 1. The van der Waals surface area contributed by atoms with E-state index < -0.39 is 0 Å². The minimum absolute atomic E-state index is 0.0778. The normalized spacial score (nSPS) is 17.6. The van der Waals surface area contributed by atoms with E-state index in [1.807, 2.05) is 54.6 Å². The van der Waals surface area contributed by atoms with Crippen LogP contribution in [-0.2, 0) is 10.2 Å². The standard InChI is InChI=1S/C23H19ClN2O/c24-21-14-8-7-9-17(21)16-25-26-22(27)20-15-23(20,18-10-3-1-4-11-18)19-12-5-2-6-13-19/h1-14,16,20H,15H2,(H,26,27)/b25-16+. The number of hydrogen-bond donors (Lipinski definition) is 1. The zero-order valence-corrected chi connectivity index (χ0v) is 15.4. The number of carbonyl (C=O) groups is 1. The first kappa shape index (κ1) is 17.5. The van der Waals surface area contributed by atoms with Crippen molar-refractivity contribution in [3.63, 3.8) is 0 Å². The molecule has 4 heteroatoms.